The molecule has 3 aromatic carbocycles. The lowest BCUT2D eigenvalue weighted by Gasteiger charge is -2.14. The molecule has 178 valence electrons. The second-order valence-corrected chi connectivity index (χ2v) is 7.32. The lowest BCUT2D eigenvalue weighted by atomic mass is 9.90. The van der Waals surface area contributed by atoms with Crippen molar-refractivity contribution in [3.63, 3.8) is 0 Å². The van der Waals surface area contributed by atoms with Gasteiger partial charge >= 0.3 is 0 Å². The fourth-order valence-electron chi connectivity index (χ4n) is 3.23. The van der Waals surface area contributed by atoms with Crippen molar-refractivity contribution in [1.82, 2.24) is 0 Å². The van der Waals surface area contributed by atoms with Crippen molar-refractivity contribution in [2.75, 3.05) is 0 Å². The van der Waals surface area contributed by atoms with E-state index in [0.29, 0.717) is 16.7 Å². The van der Waals surface area contributed by atoms with Crippen molar-refractivity contribution in [3.8, 4) is 0 Å². The molecule has 0 spiro atoms. The van der Waals surface area contributed by atoms with Crippen molar-refractivity contribution in [3.05, 3.63) is 112 Å². The summed E-state index contributed by atoms with van der Waals surface area (Å²) in [5, 5.41) is 0. The Balaban J connectivity index is 0.000000658. The van der Waals surface area contributed by atoms with Gasteiger partial charge in [-0.15, -0.1) is 0 Å². The minimum atomic E-state index is -0.315. The Bertz CT molecular complexity index is 1010. The third kappa shape index (κ3) is 9.57. The van der Waals surface area contributed by atoms with E-state index in [-0.39, 0.29) is 5.82 Å². The summed E-state index contributed by atoms with van der Waals surface area (Å²) in [5.74, 6) is -0.315. The fraction of sp³-hybridized carbons (Fsp3) is 0.323. The summed E-state index contributed by atoms with van der Waals surface area (Å²) < 4.78 is 14.1. The molecule has 33 heavy (non-hydrogen) atoms. The van der Waals surface area contributed by atoms with Crippen LogP contribution >= 0.6 is 0 Å². The van der Waals surface area contributed by atoms with E-state index in [9.17, 15) is 9.18 Å². The lowest BCUT2D eigenvalue weighted by Crippen LogP contribution is -1.99. The quantitative estimate of drug-likeness (QED) is 0.287. The molecule has 0 aromatic heterocycles. The van der Waals surface area contributed by atoms with Crippen LogP contribution in [0.3, 0.4) is 0 Å². The number of hydrogen-bond donors (Lipinski definition) is 0. The van der Waals surface area contributed by atoms with Gasteiger partial charge in [-0.25, -0.2) is 4.39 Å². The molecule has 0 aliphatic carbocycles. The van der Waals surface area contributed by atoms with E-state index >= 15 is 0 Å². The normalized spacial score (nSPS) is 10.2. The Hall–Kier alpha value is -3.00. The number of aldehydes is 1. The first-order valence-corrected chi connectivity index (χ1v) is 11.9. The molecule has 0 heterocycles. The van der Waals surface area contributed by atoms with Gasteiger partial charge in [-0.1, -0.05) is 106 Å². The van der Waals surface area contributed by atoms with Crippen molar-refractivity contribution in [2.24, 2.45) is 0 Å². The number of allylic oxidation sites excluding steroid dienone is 1. The van der Waals surface area contributed by atoms with Gasteiger partial charge in [-0.2, -0.15) is 0 Å². The van der Waals surface area contributed by atoms with Gasteiger partial charge in [0.05, 0.1) is 0 Å². The monoisotopic (exact) mass is 448 g/mol. The zero-order valence-corrected chi connectivity index (χ0v) is 21.9. The highest BCUT2D eigenvalue weighted by Gasteiger charge is 2.15. The number of carbonyl (C=O) groups is 1. The first kappa shape index (κ1) is 30.0. The average molecular weight is 449 g/mol. The number of aryl methyl sites for hydroxylation is 4. The second kappa shape index (κ2) is 16.6. The van der Waals surface area contributed by atoms with E-state index in [1.807, 2.05) is 59.7 Å². The summed E-state index contributed by atoms with van der Waals surface area (Å²) in [7, 11) is 0. The van der Waals surface area contributed by atoms with Crippen LogP contribution in [-0.2, 0) is 11.2 Å². The summed E-state index contributed by atoms with van der Waals surface area (Å²) in [6.45, 7) is 18.0. The second-order valence-electron chi connectivity index (χ2n) is 7.32. The first-order chi connectivity index (χ1) is 15.9. The van der Waals surface area contributed by atoms with Gasteiger partial charge in [0.2, 0.25) is 0 Å². The highest BCUT2D eigenvalue weighted by Crippen LogP contribution is 2.31. The molecule has 0 N–H and O–H groups in total. The summed E-state index contributed by atoms with van der Waals surface area (Å²) in [6.07, 6.45) is 1.92. The molecule has 3 aromatic rings. The zero-order chi connectivity index (χ0) is 25.4. The smallest absolute Gasteiger partial charge is 0.146 e. The van der Waals surface area contributed by atoms with Gasteiger partial charge in [0.1, 0.15) is 12.1 Å². The third-order valence-corrected chi connectivity index (χ3v) is 4.87. The molecule has 0 saturated carbocycles. The van der Waals surface area contributed by atoms with Crippen LogP contribution in [0.2, 0.25) is 0 Å². The number of hydrogen-bond acceptors (Lipinski definition) is 1. The highest BCUT2D eigenvalue weighted by molar-refractivity contribution is 5.95. The Labute approximate surface area is 201 Å². The third-order valence-electron chi connectivity index (χ3n) is 4.87. The largest absolute Gasteiger partial charge is 0.298 e. The topological polar surface area (TPSA) is 17.1 Å². The molecule has 2 heteroatoms. The predicted octanol–water partition coefficient (Wildman–Crippen LogP) is 9.07. The van der Waals surface area contributed by atoms with E-state index in [0.717, 1.165) is 29.4 Å². The van der Waals surface area contributed by atoms with Crippen LogP contribution in [0.4, 0.5) is 4.39 Å². The molecule has 0 unspecified atom stereocenters. The number of rotatable bonds is 4. The lowest BCUT2D eigenvalue weighted by molar-refractivity contribution is -0.104. The maximum Gasteiger partial charge on any atom is 0.146 e. The maximum atomic E-state index is 14.1. The van der Waals surface area contributed by atoms with Crippen LogP contribution in [0.5, 0.6) is 0 Å². The molecule has 0 amide bonds. The van der Waals surface area contributed by atoms with Crippen molar-refractivity contribution in [1.29, 1.82) is 0 Å². The van der Waals surface area contributed by atoms with Crippen LogP contribution in [0, 0.1) is 26.6 Å². The molecule has 3 rings (SSSR count). The van der Waals surface area contributed by atoms with Crippen LogP contribution in [0.15, 0.2) is 72.3 Å². The standard InChI is InChI=1S/C18H17FO.C9H12.2C2H6/c1-12-8-9-13(2)16(10-12)18(14(3)11-20)15-6-4-5-7-17(15)19;1-3-9-6-4-5-8(2)7-9;2*1-2/h4-11H,1-3H3;4-7H,3H2,1-2H3;2*1-2H3/b18-14+;;;. The van der Waals surface area contributed by atoms with Gasteiger partial charge in [0.25, 0.3) is 0 Å². The van der Waals surface area contributed by atoms with Crippen LogP contribution in [-0.4, -0.2) is 6.29 Å². The van der Waals surface area contributed by atoms with Gasteiger partial charge < -0.3 is 0 Å². The van der Waals surface area contributed by atoms with Crippen molar-refractivity contribution in [2.45, 2.75) is 68.7 Å². The molecule has 1 nitrogen and oxygen atoms in total. The van der Waals surface area contributed by atoms with Crippen molar-refractivity contribution < 1.29 is 9.18 Å². The van der Waals surface area contributed by atoms with E-state index < -0.39 is 0 Å². The van der Waals surface area contributed by atoms with Crippen LogP contribution < -0.4 is 0 Å². The van der Waals surface area contributed by atoms with E-state index in [1.54, 1.807) is 25.1 Å². The Morgan fingerprint density at radius 2 is 1.39 bits per heavy atom. The zero-order valence-electron chi connectivity index (χ0n) is 21.9. The van der Waals surface area contributed by atoms with E-state index in [1.165, 1.54) is 17.2 Å². The Morgan fingerprint density at radius 1 is 0.788 bits per heavy atom. The van der Waals surface area contributed by atoms with Gasteiger partial charge in [-0.3, -0.25) is 4.79 Å². The fourth-order valence-corrected chi connectivity index (χ4v) is 3.23. The molecule has 0 atom stereocenters. The van der Waals surface area contributed by atoms with Crippen LogP contribution in [0.25, 0.3) is 5.57 Å². The molecule has 0 radical (unpaired) electrons. The Morgan fingerprint density at radius 3 is 1.91 bits per heavy atom. The number of halogens is 1. The van der Waals surface area contributed by atoms with Crippen molar-refractivity contribution >= 4 is 11.9 Å². The highest BCUT2D eigenvalue weighted by atomic mass is 19.1. The molecular weight excluding hydrogens is 407 g/mol. The molecule has 0 aliphatic heterocycles. The van der Waals surface area contributed by atoms with Gasteiger partial charge in [0, 0.05) is 5.56 Å². The average Bonchev–Trinajstić information content (AvgIpc) is 2.85. The minimum Gasteiger partial charge on any atom is -0.298 e. The summed E-state index contributed by atoms with van der Waals surface area (Å²) >= 11 is 0. The van der Waals surface area contributed by atoms with Gasteiger partial charge in [0.15, 0.2) is 0 Å². The summed E-state index contributed by atoms with van der Waals surface area (Å²) in [4.78, 5) is 11.2. The molecular formula is C31H41FO. The number of carbonyl (C=O) groups excluding carboxylic acids is 1. The molecule has 0 bridgehead atoms. The SMILES string of the molecule is C/C(C=O)=C(\c1cc(C)ccc1C)c1ccccc1F.CC.CC.CCc1cccc(C)c1. The summed E-state index contributed by atoms with van der Waals surface area (Å²) in [6, 6.07) is 21.2. The predicted molar refractivity (Wildman–Crippen MR) is 143 cm³/mol. The maximum absolute atomic E-state index is 14.1. The molecule has 0 saturated heterocycles. The van der Waals surface area contributed by atoms with Gasteiger partial charge in [-0.05, 0) is 68.0 Å². The van der Waals surface area contributed by atoms with E-state index in [4.69, 9.17) is 0 Å². The summed E-state index contributed by atoms with van der Waals surface area (Å²) in [5.41, 5.74) is 7.45. The first-order valence-electron chi connectivity index (χ1n) is 11.9. The minimum absolute atomic E-state index is 0.315. The molecule has 0 fully saturated rings. The number of benzene rings is 3. The Kier molecular flexibility index (Phi) is 15.1. The van der Waals surface area contributed by atoms with E-state index in [2.05, 4.69) is 38.1 Å². The van der Waals surface area contributed by atoms with Crippen LogP contribution in [0.1, 0.15) is 74.9 Å². The molecule has 0 aliphatic rings.